The predicted octanol–water partition coefficient (Wildman–Crippen LogP) is 3.15. The van der Waals surface area contributed by atoms with Gasteiger partial charge < -0.3 is 24.8 Å². The van der Waals surface area contributed by atoms with E-state index in [4.69, 9.17) is 14.2 Å². The van der Waals surface area contributed by atoms with Crippen LogP contribution in [0.3, 0.4) is 0 Å². The average Bonchev–Trinajstić information content (AvgIpc) is 2.68. The summed E-state index contributed by atoms with van der Waals surface area (Å²) in [4.78, 5) is 25.7. The average molecular weight is 388 g/mol. The van der Waals surface area contributed by atoms with Crippen LogP contribution >= 0.6 is 11.8 Å². The fraction of sp³-hybridized carbons (Fsp3) is 0.263. The lowest BCUT2D eigenvalue weighted by Crippen LogP contribution is -2.32. The van der Waals surface area contributed by atoms with Crippen molar-refractivity contribution >= 4 is 35.0 Å². The number of hydrogen-bond donors (Lipinski definition) is 2. The Labute approximate surface area is 161 Å². The number of amides is 2. The molecule has 2 aromatic rings. The number of methoxy groups -OCH3 is 3. The van der Waals surface area contributed by atoms with Crippen molar-refractivity contribution in [3.63, 3.8) is 0 Å². The highest BCUT2D eigenvalue weighted by Crippen LogP contribution is 2.39. The number of carbonyl (C=O) groups excluding carboxylic acids is 2. The van der Waals surface area contributed by atoms with Crippen molar-refractivity contribution in [2.75, 3.05) is 32.0 Å². The van der Waals surface area contributed by atoms with Crippen LogP contribution in [-0.4, -0.2) is 38.4 Å². The zero-order valence-corrected chi connectivity index (χ0v) is 16.0. The van der Waals surface area contributed by atoms with Crippen molar-refractivity contribution in [1.29, 1.82) is 0 Å². The molecule has 8 heteroatoms. The van der Waals surface area contributed by atoms with Crippen LogP contribution in [0.25, 0.3) is 0 Å². The van der Waals surface area contributed by atoms with Gasteiger partial charge in [0.05, 0.1) is 38.0 Å². The van der Waals surface area contributed by atoms with Gasteiger partial charge in [0.25, 0.3) is 0 Å². The fourth-order valence-electron chi connectivity index (χ4n) is 2.67. The van der Waals surface area contributed by atoms with Crippen molar-refractivity contribution in [3.05, 3.63) is 36.4 Å². The topological polar surface area (TPSA) is 85.9 Å². The second-order valence-electron chi connectivity index (χ2n) is 5.78. The number of anilines is 2. The second kappa shape index (κ2) is 8.22. The summed E-state index contributed by atoms with van der Waals surface area (Å²) in [6, 6.07) is 10.5. The Morgan fingerprint density at radius 2 is 1.78 bits per heavy atom. The highest BCUT2D eigenvalue weighted by molar-refractivity contribution is 8.01. The summed E-state index contributed by atoms with van der Waals surface area (Å²) in [5.41, 5.74) is 1.21. The minimum absolute atomic E-state index is 0.0213. The van der Waals surface area contributed by atoms with E-state index in [2.05, 4.69) is 10.6 Å². The van der Waals surface area contributed by atoms with Gasteiger partial charge in [-0.3, -0.25) is 9.59 Å². The molecule has 1 heterocycles. The summed E-state index contributed by atoms with van der Waals surface area (Å²) in [5.74, 6) is 1.31. The molecule has 1 aliphatic heterocycles. The summed E-state index contributed by atoms with van der Waals surface area (Å²) in [6.45, 7) is 0. The quantitative estimate of drug-likeness (QED) is 0.791. The largest absolute Gasteiger partial charge is 0.497 e. The first-order valence-electron chi connectivity index (χ1n) is 8.21. The predicted molar refractivity (Wildman–Crippen MR) is 104 cm³/mol. The lowest BCUT2D eigenvalue weighted by molar-refractivity contribution is -0.120. The number of hydrogen-bond acceptors (Lipinski definition) is 6. The lowest BCUT2D eigenvalue weighted by atomic mass is 10.2. The number of benzene rings is 2. The molecular weight excluding hydrogens is 368 g/mol. The van der Waals surface area contributed by atoms with Crippen LogP contribution < -0.4 is 24.8 Å². The number of thioether (sulfide) groups is 1. The number of fused-ring (bicyclic) bond motifs is 1. The van der Waals surface area contributed by atoms with Gasteiger partial charge in [0.1, 0.15) is 17.2 Å². The molecule has 0 saturated carbocycles. The third-order valence-corrected chi connectivity index (χ3v) is 5.32. The van der Waals surface area contributed by atoms with Gasteiger partial charge in [-0.1, -0.05) is 0 Å². The molecule has 2 N–H and O–H groups in total. The van der Waals surface area contributed by atoms with Crippen molar-refractivity contribution < 1.29 is 23.8 Å². The normalized spacial score (nSPS) is 15.4. The molecule has 0 aliphatic carbocycles. The molecule has 1 unspecified atom stereocenters. The van der Waals surface area contributed by atoms with E-state index in [1.165, 1.54) is 18.9 Å². The summed E-state index contributed by atoms with van der Waals surface area (Å²) < 4.78 is 15.7. The zero-order chi connectivity index (χ0) is 19.4. The van der Waals surface area contributed by atoms with Crippen LogP contribution in [0.2, 0.25) is 0 Å². The summed E-state index contributed by atoms with van der Waals surface area (Å²) in [5, 5.41) is 5.08. The number of rotatable bonds is 6. The van der Waals surface area contributed by atoms with Crippen LogP contribution in [0.5, 0.6) is 17.2 Å². The maximum atomic E-state index is 12.5. The minimum Gasteiger partial charge on any atom is -0.497 e. The smallest absolute Gasteiger partial charge is 0.238 e. The monoisotopic (exact) mass is 388 g/mol. The molecule has 1 atom stereocenters. The zero-order valence-electron chi connectivity index (χ0n) is 15.2. The molecule has 0 bridgehead atoms. The molecule has 0 fully saturated rings. The molecule has 0 saturated heterocycles. The van der Waals surface area contributed by atoms with Crippen LogP contribution in [0.15, 0.2) is 41.3 Å². The third-order valence-electron chi connectivity index (χ3n) is 4.06. The molecule has 0 aromatic heterocycles. The Morgan fingerprint density at radius 3 is 2.48 bits per heavy atom. The van der Waals surface area contributed by atoms with Crippen LogP contribution in [0.1, 0.15) is 6.42 Å². The molecule has 0 radical (unpaired) electrons. The highest BCUT2D eigenvalue weighted by Gasteiger charge is 2.29. The Balaban J connectivity index is 1.71. The van der Waals surface area contributed by atoms with Crippen molar-refractivity contribution in [1.82, 2.24) is 0 Å². The van der Waals surface area contributed by atoms with Gasteiger partial charge >= 0.3 is 0 Å². The van der Waals surface area contributed by atoms with Crippen LogP contribution in [0, 0.1) is 0 Å². The van der Waals surface area contributed by atoms with E-state index in [0.29, 0.717) is 22.9 Å². The van der Waals surface area contributed by atoms with Gasteiger partial charge in [-0.2, -0.15) is 0 Å². The van der Waals surface area contributed by atoms with Gasteiger partial charge in [0, 0.05) is 17.4 Å². The second-order valence-corrected chi connectivity index (χ2v) is 7.02. The molecule has 3 rings (SSSR count). The van der Waals surface area contributed by atoms with Gasteiger partial charge in [0.2, 0.25) is 11.8 Å². The van der Waals surface area contributed by atoms with Crippen molar-refractivity contribution in [2.45, 2.75) is 16.6 Å². The van der Waals surface area contributed by atoms with Gasteiger partial charge in [0.15, 0.2) is 0 Å². The van der Waals surface area contributed by atoms with E-state index in [1.54, 1.807) is 44.6 Å². The third kappa shape index (κ3) is 4.28. The molecule has 7 nitrogen and oxygen atoms in total. The number of carbonyl (C=O) groups is 2. The van der Waals surface area contributed by atoms with Crippen molar-refractivity contribution in [3.8, 4) is 17.2 Å². The summed E-state index contributed by atoms with van der Waals surface area (Å²) in [6.07, 6.45) is 0.0213. The number of nitrogens with one attached hydrogen (secondary N) is 2. The van der Waals surface area contributed by atoms with Gasteiger partial charge in [-0.15, -0.1) is 11.8 Å². The highest BCUT2D eigenvalue weighted by atomic mass is 32.2. The summed E-state index contributed by atoms with van der Waals surface area (Å²) >= 11 is 1.34. The van der Waals surface area contributed by atoms with E-state index in [0.717, 1.165) is 10.6 Å². The fourth-order valence-corrected chi connectivity index (χ4v) is 3.80. The first-order chi connectivity index (χ1) is 13.0. The first-order valence-corrected chi connectivity index (χ1v) is 9.09. The SMILES string of the molecule is COc1ccc(OC)c(NC(=O)CC2Sc3cc(OC)ccc3NC2=O)c1. The van der Waals surface area contributed by atoms with E-state index in [9.17, 15) is 9.59 Å². The number of ether oxygens (including phenoxy) is 3. The Morgan fingerprint density at radius 1 is 1.07 bits per heavy atom. The van der Waals surface area contributed by atoms with E-state index < -0.39 is 5.25 Å². The Kier molecular flexibility index (Phi) is 5.75. The maximum absolute atomic E-state index is 12.5. The minimum atomic E-state index is -0.541. The molecular formula is C19H20N2O5S. The molecule has 27 heavy (non-hydrogen) atoms. The molecule has 1 aliphatic rings. The van der Waals surface area contributed by atoms with Crippen LogP contribution in [0.4, 0.5) is 11.4 Å². The Hall–Kier alpha value is -2.87. The van der Waals surface area contributed by atoms with Crippen LogP contribution in [-0.2, 0) is 9.59 Å². The maximum Gasteiger partial charge on any atom is 0.238 e. The standard InChI is InChI=1S/C19H20N2O5S/c1-24-11-5-7-15(26-3)14(8-11)20-18(22)10-17-19(23)21-13-6-4-12(25-2)9-16(13)27-17/h4-9,17H,10H2,1-3H3,(H,20,22)(H,21,23). The van der Waals surface area contributed by atoms with E-state index in [1.807, 2.05) is 6.07 Å². The molecule has 2 amide bonds. The molecule has 2 aromatic carbocycles. The van der Waals surface area contributed by atoms with Crippen molar-refractivity contribution in [2.24, 2.45) is 0 Å². The Bertz CT molecular complexity index is 871. The van der Waals surface area contributed by atoms with E-state index >= 15 is 0 Å². The van der Waals surface area contributed by atoms with E-state index in [-0.39, 0.29) is 18.2 Å². The lowest BCUT2D eigenvalue weighted by Gasteiger charge is -2.24. The molecule has 142 valence electrons. The molecule has 0 spiro atoms. The summed E-state index contributed by atoms with van der Waals surface area (Å²) in [7, 11) is 4.65. The van der Waals surface area contributed by atoms with Gasteiger partial charge in [-0.05, 0) is 30.3 Å². The van der Waals surface area contributed by atoms with Gasteiger partial charge in [-0.25, -0.2) is 0 Å². The first kappa shape index (κ1) is 18.9.